The van der Waals surface area contributed by atoms with Gasteiger partial charge in [-0.25, -0.2) is 0 Å². The maximum absolute atomic E-state index is 6.89. The third-order valence-corrected chi connectivity index (χ3v) is 5.46. The van der Waals surface area contributed by atoms with E-state index in [1.165, 1.54) is 95.5 Å². The molecule has 0 spiro atoms. The summed E-state index contributed by atoms with van der Waals surface area (Å²) in [7, 11) is 0. The van der Waals surface area contributed by atoms with Crippen LogP contribution >= 0.6 is 12.4 Å². The first-order valence-corrected chi connectivity index (χ1v) is 11.0. The summed E-state index contributed by atoms with van der Waals surface area (Å²) in [6, 6.07) is 10.9. The van der Waals surface area contributed by atoms with E-state index in [0.717, 1.165) is 6.42 Å². The summed E-state index contributed by atoms with van der Waals surface area (Å²) in [5.74, 6) is 0. The molecule has 152 valence electrons. The lowest BCUT2D eigenvalue weighted by Crippen LogP contribution is -2.42. The molecule has 1 atom stereocenters. The Hall–Kier alpha value is -0.530. The first-order chi connectivity index (χ1) is 12.2. The minimum atomic E-state index is -0.00267. The van der Waals surface area contributed by atoms with Gasteiger partial charge in [0, 0.05) is 5.54 Å². The van der Waals surface area contributed by atoms with E-state index in [1.54, 1.807) is 0 Å². The Balaban J connectivity index is 0.00000625. The standard InChI is InChI=1S/C24H43N.ClH/c1-3-5-7-9-10-11-12-17-21-24(25,20-16-8-6-4-2)22-23-18-14-13-15-19-23;/h13-15,18-19H,3-12,16-17,20-22,25H2,1-2H3;1H. The van der Waals surface area contributed by atoms with Gasteiger partial charge in [-0.3, -0.25) is 0 Å². The van der Waals surface area contributed by atoms with Crippen molar-refractivity contribution in [3.63, 3.8) is 0 Å². The molecule has 0 heterocycles. The average Bonchev–Trinajstić information content (AvgIpc) is 2.62. The quantitative estimate of drug-likeness (QED) is 0.290. The van der Waals surface area contributed by atoms with Crippen LogP contribution in [0.25, 0.3) is 0 Å². The van der Waals surface area contributed by atoms with Crippen molar-refractivity contribution in [3.05, 3.63) is 35.9 Å². The van der Waals surface area contributed by atoms with Crippen molar-refractivity contribution >= 4 is 12.4 Å². The summed E-state index contributed by atoms with van der Waals surface area (Å²) in [6.07, 6.45) is 19.7. The summed E-state index contributed by atoms with van der Waals surface area (Å²) < 4.78 is 0. The summed E-state index contributed by atoms with van der Waals surface area (Å²) in [6.45, 7) is 4.56. The van der Waals surface area contributed by atoms with E-state index in [9.17, 15) is 0 Å². The average molecular weight is 382 g/mol. The van der Waals surface area contributed by atoms with Gasteiger partial charge in [0.1, 0.15) is 0 Å². The number of benzene rings is 1. The predicted molar refractivity (Wildman–Crippen MR) is 120 cm³/mol. The van der Waals surface area contributed by atoms with E-state index >= 15 is 0 Å². The third kappa shape index (κ3) is 12.8. The minimum Gasteiger partial charge on any atom is -0.325 e. The Kier molecular flexibility index (Phi) is 16.3. The lowest BCUT2D eigenvalue weighted by atomic mass is 9.82. The predicted octanol–water partition coefficient (Wildman–Crippen LogP) is 7.85. The number of rotatable bonds is 16. The van der Waals surface area contributed by atoms with Crippen LogP contribution in [0, 0.1) is 0 Å². The zero-order valence-corrected chi connectivity index (χ0v) is 18.3. The molecule has 2 N–H and O–H groups in total. The van der Waals surface area contributed by atoms with E-state index in [1.807, 2.05) is 0 Å². The van der Waals surface area contributed by atoms with Crippen LogP contribution in [0.4, 0.5) is 0 Å². The molecule has 0 fully saturated rings. The third-order valence-electron chi connectivity index (χ3n) is 5.46. The minimum absolute atomic E-state index is 0. The van der Waals surface area contributed by atoms with Crippen LogP contribution in [0.3, 0.4) is 0 Å². The Bertz CT molecular complexity index is 406. The Labute approximate surface area is 169 Å². The molecule has 0 radical (unpaired) electrons. The highest BCUT2D eigenvalue weighted by atomic mass is 35.5. The second-order valence-corrected chi connectivity index (χ2v) is 8.06. The van der Waals surface area contributed by atoms with Crippen molar-refractivity contribution in [2.24, 2.45) is 5.73 Å². The molecular weight excluding hydrogens is 338 g/mol. The molecule has 0 aliphatic rings. The van der Waals surface area contributed by atoms with Crippen molar-refractivity contribution < 1.29 is 0 Å². The highest BCUT2D eigenvalue weighted by Crippen LogP contribution is 2.25. The highest BCUT2D eigenvalue weighted by molar-refractivity contribution is 5.85. The van der Waals surface area contributed by atoms with E-state index in [4.69, 9.17) is 5.73 Å². The van der Waals surface area contributed by atoms with Crippen molar-refractivity contribution in [2.75, 3.05) is 0 Å². The number of unbranched alkanes of at least 4 members (excludes halogenated alkanes) is 10. The zero-order valence-electron chi connectivity index (χ0n) is 17.5. The van der Waals surface area contributed by atoms with Crippen molar-refractivity contribution in [1.82, 2.24) is 0 Å². The van der Waals surface area contributed by atoms with Gasteiger partial charge < -0.3 is 5.73 Å². The Morgan fingerprint density at radius 3 is 1.58 bits per heavy atom. The van der Waals surface area contributed by atoms with Gasteiger partial charge in [0.25, 0.3) is 0 Å². The largest absolute Gasteiger partial charge is 0.325 e. The molecule has 0 saturated heterocycles. The summed E-state index contributed by atoms with van der Waals surface area (Å²) in [4.78, 5) is 0. The molecule has 26 heavy (non-hydrogen) atoms. The molecule has 1 unspecified atom stereocenters. The molecule has 1 aromatic carbocycles. The van der Waals surface area contributed by atoms with Crippen LogP contribution in [0.1, 0.15) is 109 Å². The van der Waals surface area contributed by atoms with E-state index < -0.39 is 0 Å². The smallest absolute Gasteiger partial charge is 0.0195 e. The fourth-order valence-corrected chi connectivity index (χ4v) is 3.82. The summed E-state index contributed by atoms with van der Waals surface area (Å²) >= 11 is 0. The molecule has 1 nitrogen and oxygen atoms in total. The fourth-order valence-electron chi connectivity index (χ4n) is 3.82. The van der Waals surface area contributed by atoms with Gasteiger partial charge in [-0.15, -0.1) is 12.4 Å². The van der Waals surface area contributed by atoms with Gasteiger partial charge >= 0.3 is 0 Å². The topological polar surface area (TPSA) is 26.0 Å². The van der Waals surface area contributed by atoms with Gasteiger partial charge in [0.05, 0.1) is 0 Å². The molecule has 0 aliphatic carbocycles. The van der Waals surface area contributed by atoms with Crippen LogP contribution in [0.15, 0.2) is 30.3 Å². The fraction of sp³-hybridized carbons (Fsp3) is 0.750. The molecular formula is C24H44ClN. The van der Waals surface area contributed by atoms with Crippen LogP contribution in [-0.4, -0.2) is 5.54 Å². The normalized spacial score (nSPS) is 13.2. The van der Waals surface area contributed by atoms with Gasteiger partial charge in [-0.1, -0.05) is 121 Å². The van der Waals surface area contributed by atoms with E-state index in [2.05, 4.69) is 44.2 Å². The summed E-state index contributed by atoms with van der Waals surface area (Å²) in [5.41, 5.74) is 8.29. The lowest BCUT2D eigenvalue weighted by molar-refractivity contribution is 0.332. The van der Waals surface area contributed by atoms with Crippen LogP contribution < -0.4 is 5.73 Å². The molecule has 2 heteroatoms. The number of halogens is 1. The van der Waals surface area contributed by atoms with E-state index in [-0.39, 0.29) is 17.9 Å². The molecule has 1 rings (SSSR count). The highest BCUT2D eigenvalue weighted by Gasteiger charge is 2.24. The maximum atomic E-state index is 6.89. The molecule has 0 bridgehead atoms. The van der Waals surface area contributed by atoms with Gasteiger partial charge in [-0.2, -0.15) is 0 Å². The first-order valence-electron chi connectivity index (χ1n) is 11.0. The Morgan fingerprint density at radius 1 is 0.654 bits per heavy atom. The number of hydrogen-bond donors (Lipinski definition) is 1. The van der Waals surface area contributed by atoms with Gasteiger partial charge in [0.15, 0.2) is 0 Å². The second-order valence-electron chi connectivity index (χ2n) is 8.06. The molecule has 0 aliphatic heterocycles. The molecule has 1 aromatic rings. The second kappa shape index (κ2) is 16.6. The summed E-state index contributed by atoms with van der Waals surface area (Å²) in [5, 5.41) is 0. The molecule has 0 aromatic heterocycles. The van der Waals surface area contributed by atoms with Crippen molar-refractivity contribution in [2.45, 2.75) is 116 Å². The zero-order chi connectivity index (χ0) is 18.2. The first kappa shape index (κ1) is 25.5. The van der Waals surface area contributed by atoms with Crippen molar-refractivity contribution in [1.29, 1.82) is 0 Å². The SMILES string of the molecule is CCCCCCCCCCC(N)(CCCCCC)Cc1ccccc1.Cl. The number of nitrogens with two attached hydrogens (primary N) is 1. The maximum Gasteiger partial charge on any atom is 0.0195 e. The monoisotopic (exact) mass is 381 g/mol. The number of hydrogen-bond acceptors (Lipinski definition) is 1. The lowest BCUT2D eigenvalue weighted by Gasteiger charge is -2.30. The van der Waals surface area contributed by atoms with Crippen LogP contribution in [-0.2, 0) is 6.42 Å². The molecule has 0 amide bonds. The van der Waals surface area contributed by atoms with Crippen LogP contribution in [0.2, 0.25) is 0 Å². The molecule has 0 saturated carbocycles. The van der Waals surface area contributed by atoms with E-state index in [0.29, 0.717) is 0 Å². The van der Waals surface area contributed by atoms with Crippen molar-refractivity contribution in [3.8, 4) is 0 Å². The van der Waals surface area contributed by atoms with Crippen LogP contribution in [0.5, 0.6) is 0 Å². The van der Waals surface area contributed by atoms with Gasteiger partial charge in [0.2, 0.25) is 0 Å². The van der Waals surface area contributed by atoms with Gasteiger partial charge in [-0.05, 0) is 24.8 Å². The Morgan fingerprint density at radius 2 is 1.08 bits per heavy atom.